The summed E-state index contributed by atoms with van der Waals surface area (Å²) < 4.78 is 53.5. The van der Waals surface area contributed by atoms with Crippen molar-refractivity contribution in [1.82, 2.24) is 15.5 Å². The molecule has 0 fully saturated rings. The van der Waals surface area contributed by atoms with Crippen molar-refractivity contribution in [3.05, 3.63) is 59.5 Å². The fraction of sp³-hybridized carbons (Fsp3) is 0.300. The average Bonchev–Trinajstić information content (AvgIpc) is 3.22. The van der Waals surface area contributed by atoms with Crippen LogP contribution in [0.15, 0.2) is 46.9 Å². The van der Waals surface area contributed by atoms with Crippen molar-refractivity contribution in [3.63, 3.8) is 0 Å². The van der Waals surface area contributed by atoms with Crippen molar-refractivity contribution in [2.75, 3.05) is 14.2 Å². The van der Waals surface area contributed by atoms with E-state index in [1.165, 1.54) is 7.11 Å². The molecule has 0 radical (unpaired) electrons. The lowest BCUT2D eigenvalue weighted by atomic mass is 10.1. The maximum atomic E-state index is 12.8. The fourth-order valence-electron chi connectivity index (χ4n) is 2.78. The summed E-state index contributed by atoms with van der Waals surface area (Å²) in [6.07, 6.45) is -4.70. The fourth-order valence-corrected chi connectivity index (χ4v) is 2.78. The van der Waals surface area contributed by atoms with Gasteiger partial charge in [0, 0.05) is 12.6 Å². The first-order valence-corrected chi connectivity index (χ1v) is 8.77. The highest BCUT2D eigenvalue weighted by Gasteiger charge is 2.38. The van der Waals surface area contributed by atoms with Crippen molar-refractivity contribution >= 4 is 0 Å². The van der Waals surface area contributed by atoms with Gasteiger partial charge in [0.05, 0.1) is 19.8 Å². The van der Waals surface area contributed by atoms with Gasteiger partial charge in [0.15, 0.2) is 0 Å². The maximum Gasteiger partial charge on any atom is 0.470 e. The second-order valence-corrected chi connectivity index (χ2v) is 6.32. The van der Waals surface area contributed by atoms with Crippen LogP contribution in [0.2, 0.25) is 0 Å². The number of hydrogen-bond donors (Lipinski definition) is 1. The van der Waals surface area contributed by atoms with Crippen LogP contribution in [-0.2, 0) is 12.7 Å². The minimum Gasteiger partial charge on any atom is -0.497 e. The molecular formula is C20H20F3N3O3. The van der Waals surface area contributed by atoms with Crippen LogP contribution in [0.3, 0.4) is 0 Å². The lowest BCUT2D eigenvalue weighted by molar-refractivity contribution is -0.156. The first kappa shape index (κ1) is 20.7. The molecule has 1 N–H and O–H groups in total. The highest BCUT2D eigenvalue weighted by Crippen LogP contribution is 2.34. The molecule has 0 unspecified atom stereocenters. The third-order valence-corrected chi connectivity index (χ3v) is 4.37. The quantitative estimate of drug-likeness (QED) is 0.616. The zero-order valence-corrected chi connectivity index (χ0v) is 16.1. The van der Waals surface area contributed by atoms with E-state index in [0.717, 1.165) is 16.9 Å². The largest absolute Gasteiger partial charge is 0.497 e. The predicted molar refractivity (Wildman–Crippen MR) is 99.5 cm³/mol. The smallest absolute Gasteiger partial charge is 0.470 e. The van der Waals surface area contributed by atoms with Crippen LogP contribution in [0.25, 0.3) is 11.5 Å². The molecule has 154 valence electrons. The summed E-state index contributed by atoms with van der Waals surface area (Å²) in [5, 5.41) is 9.96. The second kappa shape index (κ2) is 8.52. The zero-order valence-electron chi connectivity index (χ0n) is 16.1. The molecule has 0 aliphatic rings. The van der Waals surface area contributed by atoms with Crippen LogP contribution in [0, 0.1) is 0 Å². The molecule has 0 amide bonds. The Labute approximate surface area is 165 Å². The van der Waals surface area contributed by atoms with E-state index in [1.54, 1.807) is 19.2 Å². The van der Waals surface area contributed by atoms with Crippen LogP contribution in [0.4, 0.5) is 13.2 Å². The van der Waals surface area contributed by atoms with E-state index < -0.39 is 12.1 Å². The van der Waals surface area contributed by atoms with E-state index >= 15 is 0 Å². The number of halogens is 3. The van der Waals surface area contributed by atoms with Gasteiger partial charge in [0.2, 0.25) is 0 Å². The number of benzene rings is 2. The van der Waals surface area contributed by atoms with Gasteiger partial charge in [-0.25, -0.2) is 0 Å². The Kier molecular flexibility index (Phi) is 6.07. The number of ether oxygens (including phenoxy) is 2. The molecule has 1 atom stereocenters. The Hall–Kier alpha value is -3.07. The number of hydrogen-bond acceptors (Lipinski definition) is 6. The van der Waals surface area contributed by atoms with Gasteiger partial charge in [-0.05, 0) is 42.3 Å². The number of aromatic nitrogens is 2. The Morgan fingerprint density at radius 1 is 1.07 bits per heavy atom. The molecule has 9 heteroatoms. The molecule has 6 nitrogen and oxygen atoms in total. The Morgan fingerprint density at radius 3 is 2.52 bits per heavy atom. The summed E-state index contributed by atoms with van der Waals surface area (Å²) in [6.45, 7) is 2.47. The molecule has 1 aromatic heterocycles. The van der Waals surface area contributed by atoms with Crippen LogP contribution < -0.4 is 14.8 Å². The summed E-state index contributed by atoms with van der Waals surface area (Å²) in [5.74, 6) is -0.548. The monoisotopic (exact) mass is 407 g/mol. The summed E-state index contributed by atoms with van der Waals surface area (Å²) in [7, 11) is 3.03. The highest BCUT2D eigenvalue weighted by molar-refractivity contribution is 5.63. The Balaban J connectivity index is 1.79. The molecule has 0 saturated heterocycles. The van der Waals surface area contributed by atoms with Crippen LogP contribution in [-0.4, -0.2) is 24.4 Å². The number of nitrogens with zero attached hydrogens (tertiary/aromatic N) is 2. The molecule has 0 spiro atoms. The van der Waals surface area contributed by atoms with Crippen LogP contribution in [0.1, 0.15) is 30.0 Å². The van der Waals surface area contributed by atoms with E-state index in [9.17, 15) is 13.2 Å². The zero-order chi connectivity index (χ0) is 21.0. The molecular weight excluding hydrogens is 387 g/mol. The summed E-state index contributed by atoms with van der Waals surface area (Å²) in [6, 6.07) is 12.9. The number of rotatable bonds is 7. The van der Waals surface area contributed by atoms with Gasteiger partial charge in [0.1, 0.15) is 11.5 Å². The third-order valence-electron chi connectivity index (χ3n) is 4.37. The number of nitrogens with one attached hydrogen (secondary N) is 1. The first-order valence-electron chi connectivity index (χ1n) is 8.77. The highest BCUT2D eigenvalue weighted by atomic mass is 19.4. The van der Waals surface area contributed by atoms with Gasteiger partial charge < -0.3 is 19.2 Å². The Bertz CT molecular complexity index is 973. The van der Waals surface area contributed by atoms with Crippen molar-refractivity contribution in [3.8, 4) is 23.0 Å². The lowest BCUT2D eigenvalue weighted by Crippen LogP contribution is -2.18. The minimum absolute atomic E-state index is 0.0240. The maximum absolute atomic E-state index is 12.8. The summed E-state index contributed by atoms with van der Waals surface area (Å²) >= 11 is 0. The van der Waals surface area contributed by atoms with Gasteiger partial charge in [-0.1, -0.05) is 18.2 Å². The lowest BCUT2D eigenvalue weighted by Gasteiger charge is -2.16. The molecule has 29 heavy (non-hydrogen) atoms. The molecule has 2 aromatic carbocycles. The van der Waals surface area contributed by atoms with E-state index in [-0.39, 0.29) is 11.9 Å². The van der Waals surface area contributed by atoms with Gasteiger partial charge in [-0.2, -0.15) is 13.2 Å². The average molecular weight is 407 g/mol. The molecule has 3 rings (SSSR count). The van der Waals surface area contributed by atoms with E-state index in [4.69, 9.17) is 13.9 Å². The van der Waals surface area contributed by atoms with Gasteiger partial charge in [-0.3, -0.25) is 0 Å². The number of alkyl halides is 3. The van der Waals surface area contributed by atoms with Gasteiger partial charge >= 0.3 is 12.1 Å². The van der Waals surface area contributed by atoms with Gasteiger partial charge in [-0.15, -0.1) is 10.2 Å². The summed E-state index contributed by atoms with van der Waals surface area (Å²) in [5.41, 5.74) is 2.16. The van der Waals surface area contributed by atoms with Gasteiger partial charge in [0.25, 0.3) is 5.89 Å². The molecule has 3 aromatic rings. The normalized spacial score (nSPS) is 12.6. The van der Waals surface area contributed by atoms with Crippen LogP contribution >= 0.6 is 0 Å². The SMILES string of the molecule is COc1cccc([C@@H](C)NCc2ccc(OC)c(-c3nnc(C(F)(F)F)o3)c2)c1. The molecule has 0 bridgehead atoms. The van der Waals surface area contributed by atoms with Crippen molar-refractivity contribution in [1.29, 1.82) is 0 Å². The molecule has 0 saturated carbocycles. The Morgan fingerprint density at radius 2 is 1.86 bits per heavy atom. The topological polar surface area (TPSA) is 69.4 Å². The van der Waals surface area contributed by atoms with E-state index in [1.807, 2.05) is 37.3 Å². The van der Waals surface area contributed by atoms with Crippen LogP contribution in [0.5, 0.6) is 11.5 Å². The minimum atomic E-state index is -4.70. The first-order chi connectivity index (χ1) is 13.8. The standard InChI is InChI=1S/C20H20F3N3O3/c1-12(14-5-4-6-15(10-14)27-2)24-11-13-7-8-17(28-3)16(9-13)18-25-26-19(29-18)20(21,22)23/h4-10,12,24H,11H2,1-3H3/t12-/m1/s1. The summed E-state index contributed by atoms with van der Waals surface area (Å²) in [4.78, 5) is 0. The molecule has 0 aliphatic heterocycles. The van der Waals surface area contributed by atoms with E-state index in [2.05, 4.69) is 15.5 Å². The predicted octanol–water partition coefficient (Wildman–Crippen LogP) is 4.62. The third kappa shape index (κ3) is 4.86. The van der Waals surface area contributed by atoms with E-state index in [0.29, 0.717) is 17.9 Å². The molecule has 1 heterocycles. The van der Waals surface area contributed by atoms with Crippen molar-refractivity contribution < 1.29 is 27.1 Å². The van der Waals surface area contributed by atoms with Crippen molar-refractivity contribution in [2.45, 2.75) is 25.7 Å². The number of methoxy groups -OCH3 is 2. The second-order valence-electron chi connectivity index (χ2n) is 6.32. The molecule has 0 aliphatic carbocycles. The van der Waals surface area contributed by atoms with Crippen molar-refractivity contribution in [2.24, 2.45) is 0 Å².